The summed E-state index contributed by atoms with van der Waals surface area (Å²) in [5.74, 6) is -0.209. The Hall–Kier alpha value is -5.36. The molecule has 0 saturated heterocycles. The monoisotopic (exact) mass is 528 g/mol. The Labute approximate surface area is 231 Å². The lowest BCUT2D eigenvalue weighted by Crippen LogP contribution is -2.21. The maximum atomic E-state index is 13.3. The van der Waals surface area contributed by atoms with Crippen LogP contribution in [0.2, 0.25) is 0 Å². The summed E-state index contributed by atoms with van der Waals surface area (Å²) < 4.78 is 10.1. The van der Waals surface area contributed by atoms with Gasteiger partial charge in [0.1, 0.15) is 11.5 Å². The highest BCUT2D eigenvalue weighted by atomic mass is 16.5. The molecule has 6 heteroatoms. The molecule has 1 aliphatic carbocycles. The third-order valence-electron chi connectivity index (χ3n) is 6.29. The van der Waals surface area contributed by atoms with Crippen LogP contribution < -0.4 is 9.47 Å². The predicted molar refractivity (Wildman–Crippen MR) is 153 cm³/mol. The van der Waals surface area contributed by atoms with Gasteiger partial charge in [-0.3, -0.25) is 19.2 Å². The van der Waals surface area contributed by atoms with E-state index in [0.717, 1.165) is 22.3 Å². The van der Waals surface area contributed by atoms with Crippen LogP contribution in [0, 0.1) is 0 Å². The topological polar surface area (TPSA) is 86.7 Å². The van der Waals surface area contributed by atoms with E-state index in [1.165, 1.54) is 13.8 Å². The van der Waals surface area contributed by atoms with E-state index in [4.69, 9.17) is 9.47 Å². The van der Waals surface area contributed by atoms with Crippen LogP contribution in [0.25, 0.3) is 24.3 Å². The summed E-state index contributed by atoms with van der Waals surface area (Å²) >= 11 is 0. The summed E-state index contributed by atoms with van der Waals surface area (Å²) in [4.78, 5) is 48.8. The highest BCUT2D eigenvalue weighted by Crippen LogP contribution is 2.30. The molecule has 6 nitrogen and oxygen atoms in total. The van der Waals surface area contributed by atoms with Crippen molar-refractivity contribution in [1.82, 2.24) is 0 Å². The van der Waals surface area contributed by atoms with E-state index in [1.54, 1.807) is 48.5 Å². The molecule has 0 atom stereocenters. The lowest BCUT2D eigenvalue weighted by molar-refractivity contribution is -0.132. The third kappa shape index (κ3) is 5.87. The Morgan fingerprint density at radius 1 is 0.475 bits per heavy atom. The first kappa shape index (κ1) is 26.3. The Balaban J connectivity index is 1.33. The minimum Gasteiger partial charge on any atom is -0.427 e. The van der Waals surface area contributed by atoms with E-state index in [0.29, 0.717) is 33.8 Å². The Bertz CT molecular complexity index is 1580. The molecule has 0 unspecified atom stereocenters. The molecule has 196 valence electrons. The second-order valence-electron chi connectivity index (χ2n) is 9.26. The van der Waals surface area contributed by atoms with Crippen molar-refractivity contribution in [3.8, 4) is 11.5 Å². The summed E-state index contributed by atoms with van der Waals surface area (Å²) in [6, 6.07) is 24.6. The number of carbonyl (C=O) groups is 4. The van der Waals surface area contributed by atoms with Gasteiger partial charge in [-0.2, -0.15) is 0 Å². The number of benzene rings is 4. The van der Waals surface area contributed by atoms with Gasteiger partial charge < -0.3 is 9.47 Å². The summed E-state index contributed by atoms with van der Waals surface area (Å²) in [5, 5.41) is 0. The molecule has 0 spiro atoms. The van der Waals surface area contributed by atoms with Crippen molar-refractivity contribution in [2.75, 3.05) is 0 Å². The molecule has 0 N–H and O–H groups in total. The average Bonchev–Trinajstić information content (AvgIpc) is 2.94. The van der Waals surface area contributed by atoms with Gasteiger partial charge >= 0.3 is 11.9 Å². The molecule has 0 aromatic heterocycles. The van der Waals surface area contributed by atoms with Gasteiger partial charge in [-0.25, -0.2) is 0 Å². The molecular formula is C34H24O6. The first-order chi connectivity index (χ1) is 19.3. The van der Waals surface area contributed by atoms with E-state index in [-0.39, 0.29) is 23.5 Å². The molecule has 5 rings (SSSR count). The second kappa shape index (κ2) is 11.2. The van der Waals surface area contributed by atoms with Crippen molar-refractivity contribution >= 4 is 47.8 Å². The average molecular weight is 529 g/mol. The van der Waals surface area contributed by atoms with Crippen LogP contribution in [0.3, 0.4) is 0 Å². The predicted octanol–water partition coefficient (Wildman–Crippen LogP) is 6.65. The van der Waals surface area contributed by atoms with Crippen LogP contribution in [0.1, 0.15) is 67.9 Å². The fourth-order valence-electron chi connectivity index (χ4n) is 4.40. The highest BCUT2D eigenvalue weighted by Gasteiger charge is 2.29. The minimum absolute atomic E-state index is 0.192. The van der Waals surface area contributed by atoms with E-state index in [1.807, 2.05) is 60.7 Å². The van der Waals surface area contributed by atoms with Crippen LogP contribution >= 0.6 is 0 Å². The van der Waals surface area contributed by atoms with Crippen molar-refractivity contribution in [3.05, 3.63) is 129 Å². The van der Waals surface area contributed by atoms with Gasteiger partial charge in [-0.1, -0.05) is 60.7 Å². The largest absolute Gasteiger partial charge is 0.427 e. The first-order valence-corrected chi connectivity index (χ1v) is 12.6. The van der Waals surface area contributed by atoms with Gasteiger partial charge in [0.2, 0.25) is 0 Å². The number of ether oxygens (including phenoxy) is 2. The molecule has 0 fully saturated rings. The molecule has 0 amide bonds. The van der Waals surface area contributed by atoms with Gasteiger partial charge in [0.15, 0.2) is 11.6 Å². The third-order valence-corrected chi connectivity index (χ3v) is 6.29. The standard InChI is InChI=1S/C34H24O6/c1-21(35)39-27-13-7-23(8-14-27)3-5-25-11-17-29-31(19-25)33(37)30-18-12-26(20-32(30)34(29)38)6-4-24-9-15-28(16-10-24)40-22(2)36/h3-20H,1-2H3. The molecule has 4 aromatic carbocycles. The Kier molecular flexibility index (Phi) is 7.33. The molecule has 0 saturated carbocycles. The van der Waals surface area contributed by atoms with E-state index < -0.39 is 0 Å². The molecule has 0 heterocycles. The molecule has 40 heavy (non-hydrogen) atoms. The lowest BCUT2D eigenvalue weighted by Gasteiger charge is -2.18. The number of rotatable bonds is 6. The van der Waals surface area contributed by atoms with Gasteiger partial charge in [0.25, 0.3) is 0 Å². The molecule has 0 aliphatic heterocycles. The fraction of sp³-hybridized carbons (Fsp3) is 0.0588. The van der Waals surface area contributed by atoms with Crippen molar-refractivity contribution in [2.45, 2.75) is 13.8 Å². The Morgan fingerprint density at radius 2 is 0.800 bits per heavy atom. The van der Waals surface area contributed by atoms with Gasteiger partial charge in [-0.05, 0) is 70.8 Å². The zero-order valence-electron chi connectivity index (χ0n) is 21.8. The van der Waals surface area contributed by atoms with Crippen LogP contribution in [-0.4, -0.2) is 23.5 Å². The van der Waals surface area contributed by atoms with E-state index in [2.05, 4.69) is 0 Å². The van der Waals surface area contributed by atoms with Crippen LogP contribution in [0.5, 0.6) is 11.5 Å². The van der Waals surface area contributed by atoms with Gasteiger partial charge in [0.05, 0.1) is 0 Å². The minimum atomic E-state index is -0.379. The van der Waals surface area contributed by atoms with Gasteiger partial charge in [0, 0.05) is 36.1 Å². The molecule has 1 aliphatic rings. The summed E-state index contributed by atoms with van der Waals surface area (Å²) in [6.07, 6.45) is 7.48. The molecule has 4 aromatic rings. The fourth-order valence-corrected chi connectivity index (χ4v) is 4.40. The second-order valence-corrected chi connectivity index (χ2v) is 9.26. The zero-order chi connectivity index (χ0) is 28.2. The maximum absolute atomic E-state index is 13.3. The summed E-state index contributed by atoms with van der Waals surface area (Å²) in [5.41, 5.74) is 4.86. The summed E-state index contributed by atoms with van der Waals surface area (Å²) in [6.45, 7) is 2.70. The summed E-state index contributed by atoms with van der Waals surface area (Å²) in [7, 11) is 0. The first-order valence-electron chi connectivity index (χ1n) is 12.6. The van der Waals surface area contributed by atoms with Crippen molar-refractivity contribution in [3.63, 3.8) is 0 Å². The number of esters is 2. The highest BCUT2D eigenvalue weighted by molar-refractivity contribution is 6.28. The van der Waals surface area contributed by atoms with E-state index >= 15 is 0 Å². The lowest BCUT2D eigenvalue weighted by atomic mass is 9.82. The number of hydrogen-bond acceptors (Lipinski definition) is 6. The normalized spacial score (nSPS) is 12.3. The van der Waals surface area contributed by atoms with Crippen molar-refractivity contribution in [1.29, 1.82) is 0 Å². The van der Waals surface area contributed by atoms with Crippen LogP contribution in [0.4, 0.5) is 0 Å². The van der Waals surface area contributed by atoms with Crippen molar-refractivity contribution < 1.29 is 28.7 Å². The quantitative estimate of drug-likeness (QED) is 0.139. The Morgan fingerprint density at radius 3 is 1.15 bits per heavy atom. The number of carbonyl (C=O) groups excluding carboxylic acids is 4. The van der Waals surface area contributed by atoms with Crippen molar-refractivity contribution in [2.24, 2.45) is 0 Å². The smallest absolute Gasteiger partial charge is 0.308 e. The van der Waals surface area contributed by atoms with Crippen LogP contribution in [0.15, 0.2) is 84.9 Å². The van der Waals surface area contributed by atoms with E-state index in [9.17, 15) is 19.2 Å². The molecular weight excluding hydrogens is 504 g/mol. The van der Waals surface area contributed by atoms with Gasteiger partial charge in [-0.15, -0.1) is 0 Å². The molecule has 0 bridgehead atoms. The zero-order valence-corrected chi connectivity index (χ0v) is 21.8. The number of fused-ring (bicyclic) bond motifs is 2. The van der Waals surface area contributed by atoms with Crippen LogP contribution in [-0.2, 0) is 9.59 Å². The molecule has 0 radical (unpaired) electrons. The number of hydrogen-bond donors (Lipinski definition) is 0. The number of ketones is 2. The maximum Gasteiger partial charge on any atom is 0.308 e. The SMILES string of the molecule is CC(=O)Oc1ccc(C=Cc2ccc3c(c2)C(=O)c2ccc(C=Cc4ccc(OC(C)=O)cc4)cc2C3=O)cc1.